The average molecular weight is 288 g/mol. The van der Waals surface area contributed by atoms with Crippen molar-refractivity contribution in [1.82, 2.24) is 0 Å². The molecule has 1 aliphatic carbocycles. The third kappa shape index (κ3) is 3.53. The van der Waals surface area contributed by atoms with E-state index >= 15 is 0 Å². The van der Waals surface area contributed by atoms with Gasteiger partial charge in [-0.2, -0.15) is 0 Å². The molecular weight excluding hydrogens is 269 g/mol. The van der Waals surface area contributed by atoms with Crippen molar-refractivity contribution in [3.63, 3.8) is 0 Å². The van der Waals surface area contributed by atoms with E-state index in [4.69, 9.17) is 33.7 Å². The van der Waals surface area contributed by atoms with Gasteiger partial charge in [0.1, 0.15) is 5.75 Å². The van der Waals surface area contributed by atoms with Gasteiger partial charge in [0.2, 0.25) is 0 Å². The zero-order valence-corrected chi connectivity index (χ0v) is 11.9. The molecule has 0 heterocycles. The molecule has 0 radical (unpaired) electrons. The molecule has 1 fully saturated rings. The molecule has 2 N–H and O–H groups in total. The average Bonchev–Trinajstić information content (AvgIpc) is 2.60. The van der Waals surface area contributed by atoms with Crippen LogP contribution in [0.15, 0.2) is 12.1 Å². The van der Waals surface area contributed by atoms with Crippen LogP contribution in [0.1, 0.15) is 44.1 Å². The molecule has 18 heavy (non-hydrogen) atoms. The molecule has 2 nitrogen and oxygen atoms in total. The molecule has 0 aromatic heterocycles. The van der Waals surface area contributed by atoms with Crippen molar-refractivity contribution < 1.29 is 4.74 Å². The second-order valence-electron chi connectivity index (χ2n) is 4.81. The van der Waals surface area contributed by atoms with Gasteiger partial charge in [-0.1, -0.05) is 36.0 Å². The molecule has 1 aliphatic rings. The van der Waals surface area contributed by atoms with E-state index in [0.29, 0.717) is 16.6 Å². The van der Waals surface area contributed by atoms with Crippen LogP contribution >= 0.6 is 23.2 Å². The van der Waals surface area contributed by atoms with E-state index in [0.717, 1.165) is 24.2 Å². The minimum Gasteiger partial charge on any atom is -0.489 e. The standard InChI is InChI=1S/C14H19Cl2NO/c15-11-7-10(9-17)14(13(16)8-11)18-12-5-3-1-2-4-6-12/h7-8,12H,1-6,9,17H2. The summed E-state index contributed by atoms with van der Waals surface area (Å²) in [5.74, 6) is 0.718. The summed E-state index contributed by atoms with van der Waals surface area (Å²) in [4.78, 5) is 0. The maximum atomic E-state index is 6.21. The first-order valence-corrected chi connectivity index (χ1v) is 7.31. The first kappa shape index (κ1) is 14.0. The molecule has 0 spiro atoms. The summed E-state index contributed by atoms with van der Waals surface area (Å²) in [7, 11) is 0. The fourth-order valence-corrected chi connectivity index (χ4v) is 3.00. The smallest absolute Gasteiger partial charge is 0.142 e. The van der Waals surface area contributed by atoms with Crippen LogP contribution in [0.25, 0.3) is 0 Å². The molecule has 1 aromatic rings. The van der Waals surface area contributed by atoms with E-state index in [1.807, 2.05) is 6.07 Å². The highest BCUT2D eigenvalue weighted by atomic mass is 35.5. The van der Waals surface area contributed by atoms with Gasteiger partial charge in [0.25, 0.3) is 0 Å². The molecule has 2 rings (SSSR count). The van der Waals surface area contributed by atoms with Gasteiger partial charge in [0, 0.05) is 17.1 Å². The molecule has 0 aliphatic heterocycles. The molecule has 1 saturated carbocycles. The lowest BCUT2D eigenvalue weighted by Crippen LogP contribution is -2.17. The zero-order valence-electron chi connectivity index (χ0n) is 10.4. The molecular formula is C14H19Cl2NO. The Bertz CT molecular complexity index is 401. The molecule has 0 saturated heterocycles. The summed E-state index contributed by atoms with van der Waals surface area (Å²) in [6.45, 7) is 0.391. The minimum atomic E-state index is 0.261. The van der Waals surface area contributed by atoms with Gasteiger partial charge in [-0.3, -0.25) is 0 Å². The summed E-state index contributed by atoms with van der Waals surface area (Å²) in [6.07, 6.45) is 7.53. The second kappa shape index (κ2) is 6.65. The van der Waals surface area contributed by atoms with Crippen molar-refractivity contribution in [3.8, 4) is 5.75 Å². The van der Waals surface area contributed by atoms with E-state index in [1.165, 1.54) is 25.7 Å². The highest BCUT2D eigenvalue weighted by Crippen LogP contribution is 2.34. The Morgan fingerprint density at radius 1 is 1.11 bits per heavy atom. The van der Waals surface area contributed by atoms with Crippen LogP contribution in [0, 0.1) is 0 Å². The Labute approximate surface area is 118 Å². The molecule has 1 aromatic carbocycles. The number of nitrogens with two attached hydrogens (primary N) is 1. The van der Waals surface area contributed by atoms with Crippen LogP contribution in [-0.4, -0.2) is 6.10 Å². The van der Waals surface area contributed by atoms with E-state index in [2.05, 4.69) is 0 Å². The normalized spacial score (nSPS) is 17.5. The summed E-state index contributed by atoms with van der Waals surface area (Å²) in [6, 6.07) is 3.55. The Morgan fingerprint density at radius 2 is 1.78 bits per heavy atom. The van der Waals surface area contributed by atoms with Gasteiger partial charge < -0.3 is 10.5 Å². The maximum Gasteiger partial charge on any atom is 0.142 e. The van der Waals surface area contributed by atoms with Crippen LogP contribution in [-0.2, 0) is 6.54 Å². The quantitative estimate of drug-likeness (QED) is 0.828. The van der Waals surface area contributed by atoms with Gasteiger partial charge in [-0.05, 0) is 37.8 Å². The third-order valence-corrected chi connectivity index (χ3v) is 3.89. The molecule has 0 atom stereocenters. The van der Waals surface area contributed by atoms with Gasteiger partial charge in [0.15, 0.2) is 0 Å². The summed E-state index contributed by atoms with van der Waals surface area (Å²) in [5.41, 5.74) is 6.61. The highest BCUT2D eigenvalue weighted by Gasteiger charge is 2.17. The van der Waals surface area contributed by atoms with Crippen LogP contribution in [0.5, 0.6) is 5.75 Å². The van der Waals surface area contributed by atoms with E-state index in [1.54, 1.807) is 6.07 Å². The molecule has 100 valence electrons. The SMILES string of the molecule is NCc1cc(Cl)cc(Cl)c1OC1CCCCCC1. The maximum absolute atomic E-state index is 6.21. The lowest BCUT2D eigenvalue weighted by atomic mass is 10.1. The summed E-state index contributed by atoms with van der Waals surface area (Å²) < 4.78 is 6.07. The van der Waals surface area contributed by atoms with Crippen molar-refractivity contribution in [2.45, 2.75) is 51.2 Å². The van der Waals surface area contributed by atoms with Gasteiger partial charge in [-0.15, -0.1) is 0 Å². The first-order valence-electron chi connectivity index (χ1n) is 6.55. The lowest BCUT2D eigenvalue weighted by Gasteiger charge is -2.20. The minimum absolute atomic E-state index is 0.261. The summed E-state index contributed by atoms with van der Waals surface area (Å²) >= 11 is 12.2. The van der Waals surface area contributed by atoms with Gasteiger partial charge >= 0.3 is 0 Å². The molecule has 4 heteroatoms. The lowest BCUT2D eigenvalue weighted by molar-refractivity contribution is 0.182. The van der Waals surface area contributed by atoms with Crippen molar-refractivity contribution >= 4 is 23.2 Å². The van der Waals surface area contributed by atoms with E-state index < -0.39 is 0 Å². The van der Waals surface area contributed by atoms with Crippen molar-refractivity contribution in [2.24, 2.45) is 5.73 Å². The number of hydrogen-bond acceptors (Lipinski definition) is 2. The van der Waals surface area contributed by atoms with E-state index in [9.17, 15) is 0 Å². The Balaban J connectivity index is 2.16. The summed E-state index contributed by atoms with van der Waals surface area (Å²) in [5, 5.41) is 1.17. The molecule has 0 bridgehead atoms. The fourth-order valence-electron chi connectivity index (χ4n) is 2.42. The second-order valence-corrected chi connectivity index (χ2v) is 5.66. The number of rotatable bonds is 3. The predicted molar refractivity (Wildman–Crippen MR) is 76.5 cm³/mol. The van der Waals surface area contributed by atoms with Crippen molar-refractivity contribution in [3.05, 3.63) is 27.7 Å². The number of halogens is 2. The van der Waals surface area contributed by atoms with Crippen molar-refractivity contribution in [2.75, 3.05) is 0 Å². The van der Waals surface area contributed by atoms with Crippen LogP contribution < -0.4 is 10.5 Å². The predicted octanol–water partition coefficient (Wildman–Crippen LogP) is 4.55. The topological polar surface area (TPSA) is 35.2 Å². The van der Waals surface area contributed by atoms with Crippen LogP contribution in [0.4, 0.5) is 0 Å². The first-order chi connectivity index (χ1) is 8.70. The number of ether oxygens (including phenoxy) is 1. The van der Waals surface area contributed by atoms with Gasteiger partial charge in [0.05, 0.1) is 11.1 Å². The Hall–Kier alpha value is -0.440. The van der Waals surface area contributed by atoms with E-state index in [-0.39, 0.29) is 6.10 Å². The number of hydrogen-bond donors (Lipinski definition) is 1. The van der Waals surface area contributed by atoms with Gasteiger partial charge in [-0.25, -0.2) is 0 Å². The zero-order chi connectivity index (χ0) is 13.0. The third-order valence-electron chi connectivity index (χ3n) is 3.39. The fraction of sp³-hybridized carbons (Fsp3) is 0.571. The Kier molecular flexibility index (Phi) is 5.16. The highest BCUT2D eigenvalue weighted by molar-refractivity contribution is 6.35. The largest absolute Gasteiger partial charge is 0.489 e. The monoisotopic (exact) mass is 287 g/mol. The molecule has 0 amide bonds. The van der Waals surface area contributed by atoms with Crippen molar-refractivity contribution in [1.29, 1.82) is 0 Å². The Morgan fingerprint density at radius 3 is 2.39 bits per heavy atom. The number of benzene rings is 1. The molecule has 0 unspecified atom stereocenters. The van der Waals surface area contributed by atoms with Crippen LogP contribution in [0.2, 0.25) is 10.0 Å². The van der Waals surface area contributed by atoms with Crippen LogP contribution in [0.3, 0.4) is 0 Å².